The highest BCUT2D eigenvalue weighted by molar-refractivity contribution is 5.92. The first-order valence-corrected chi connectivity index (χ1v) is 20.1. The first-order valence-electron chi connectivity index (χ1n) is 20.1. The maximum atomic E-state index is 13.2. The lowest BCUT2D eigenvalue weighted by Crippen LogP contribution is -2.57. The van der Waals surface area contributed by atoms with E-state index in [1.165, 1.54) is 38.2 Å². The maximum absolute atomic E-state index is 13.2. The van der Waals surface area contributed by atoms with E-state index in [4.69, 9.17) is 38.3 Å². The molecule has 0 aromatic heterocycles. The van der Waals surface area contributed by atoms with E-state index in [2.05, 4.69) is 10.6 Å². The Morgan fingerprint density at radius 3 is 1.16 bits per heavy atom. The molecule has 18 nitrogen and oxygen atoms in total. The van der Waals surface area contributed by atoms with Gasteiger partial charge < -0.3 is 58.7 Å². The van der Waals surface area contributed by atoms with Crippen LogP contribution in [-0.4, -0.2) is 162 Å². The molecule has 2 aliphatic rings. The minimum absolute atomic E-state index is 0. The predicted octanol–water partition coefficient (Wildman–Crippen LogP) is 6.48. The lowest BCUT2D eigenvalue weighted by atomic mass is 9.85. The summed E-state index contributed by atoms with van der Waals surface area (Å²) in [6.45, 7) is 23.5. The first kappa shape index (κ1) is 72.7. The van der Waals surface area contributed by atoms with Gasteiger partial charge in [0.15, 0.2) is 0 Å². The number of esters is 2. The van der Waals surface area contributed by atoms with E-state index in [0.29, 0.717) is 25.9 Å². The number of alkyl carbamates (subject to hydrolysis) is 2. The summed E-state index contributed by atoms with van der Waals surface area (Å²) in [5.41, 5.74) is -1.21. The second-order valence-corrected chi connectivity index (χ2v) is 14.5. The van der Waals surface area contributed by atoms with Crippen LogP contribution in [0, 0.1) is 10.8 Å². The van der Waals surface area contributed by atoms with Gasteiger partial charge in [0.25, 0.3) is 0 Å². The Morgan fingerprint density at radius 1 is 0.581 bits per heavy atom. The number of hydrogen-bond donors (Lipinski definition) is 3. The van der Waals surface area contributed by atoms with E-state index in [-0.39, 0.29) is 80.7 Å². The van der Waals surface area contributed by atoms with Crippen LogP contribution in [0.1, 0.15) is 132 Å². The van der Waals surface area contributed by atoms with Crippen LogP contribution in [0.3, 0.4) is 0 Å². The molecule has 18 heteroatoms. The molecule has 62 heavy (non-hydrogen) atoms. The number of nitrogens with zero attached hydrogens (tertiary/aromatic N) is 2. The average Bonchev–Trinajstić information content (AvgIpc) is 3.86. The number of rotatable bonds is 14. The fourth-order valence-corrected chi connectivity index (χ4v) is 5.60. The molecule has 0 aromatic carbocycles. The quantitative estimate of drug-likeness (QED) is 0.0966. The molecule has 0 aromatic rings. The summed E-state index contributed by atoms with van der Waals surface area (Å²) >= 11 is 0. The number of carbonyl (C=O) groups excluding carboxylic acids is 6. The van der Waals surface area contributed by atoms with Crippen molar-refractivity contribution >= 4 is 35.9 Å². The fraction of sp³-hybridized carbons (Fsp3) is 0.864. The molecule has 0 spiro atoms. The zero-order valence-electron chi connectivity index (χ0n) is 38.5. The minimum Gasteiger partial charge on any atom is -0.467 e. The summed E-state index contributed by atoms with van der Waals surface area (Å²) in [7, 11) is 7.15. The molecule has 0 aliphatic carbocycles. The molecule has 2 aliphatic heterocycles. The molecule has 6 atom stereocenters. The van der Waals surface area contributed by atoms with E-state index >= 15 is 0 Å². The lowest BCUT2D eigenvalue weighted by Gasteiger charge is -2.34. The lowest BCUT2D eigenvalue weighted by molar-refractivity contribution is -0.152. The van der Waals surface area contributed by atoms with Gasteiger partial charge in [-0.2, -0.15) is 0 Å². The monoisotopic (exact) mass is 903 g/mol. The Morgan fingerprint density at radius 2 is 0.903 bits per heavy atom. The molecule has 0 bridgehead atoms. The molecule has 0 radical (unpaired) electrons. The highest BCUT2D eigenvalue weighted by atomic mass is 16.6. The van der Waals surface area contributed by atoms with Crippen molar-refractivity contribution in [2.75, 3.05) is 75.1 Å². The van der Waals surface area contributed by atoms with Crippen LogP contribution in [0.4, 0.5) is 9.59 Å². The first-order chi connectivity index (χ1) is 27.3. The van der Waals surface area contributed by atoms with Crippen molar-refractivity contribution in [3.8, 4) is 0 Å². The number of aliphatic hydroxyl groups is 1. The van der Waals surface area contributed by atoms with Crippen LogP contribution in [0.15, 0.2) is 0 Å². The number of methoxy groups -OCH3 is 5. The van der Waals surface area contributed by atoms with Gasteiger partial charge in [0.05, 0.1) is 39.6 Å². The molecule has 2 saturated heterocycles. The van der Waals surface area contributed by atoms with Gasteiger partial charge in [-0.25, -0.2) is 19.2 Å². The average molecular weight is 903 g/mol. The summed E-state index contributed by atoms with van der Waals surface area (Å²) < 4.78 is 35.0. The van der Waals surface area contributed by atoms with Gasteiger partial charge >= 0.3 is 24.1 Å². The molecule has 374 valence electrons. The molecule has 0 unspecified atom stereocenters. The normalized spacial score (nSPS) is 18.1. The van der Waals surface area contributed by atoms with E-state index < -0.39 is 65.0 Å². The standard InChI is InChI=1S/C18H32N2O7.C16H28N2O7.3C2H6.4CH4/c1-18(2,3)14(19-17(23)27-9-7-8-24-4)15(21)20-11-12(25-5)10-13(20)16(22)26-6;1-16(2,3)12(17-15(22)25-7-6-19)13(20)18-9-10(23-4)8-11(18)14(21)24-5;3*1-2;;;;/h12-14H,7-11H2,1-6H3,(H,19,23);10-12,19H,6-9H2,1-5H3,(H,17,22);3*1-2H3;4*1H4/t12-,13+,14-;10-,11+,12-;;;;;;;/m11......./s1. The Bertz CT molecular complexity index is 1190. The van der Waals surface area contributed by atoms with Crippen LogP contribution >= 0.6 is 0 Å². The summed E-state index contributed by atoms with van der Waals surface area (Å²) in [5, 5.41) is 13.9. The summed E-state index contributed by atoms with van der Waals surface area (Å²) in [6.07, 6.45) is -0.788. The maximum Gasteiger partial charge on any atom is 0.407 e. The minimum atomic E-state index is -0.915. The van der Waals surface area contributed by atoms with Gasteiger partial charge in [-0.1, -0.05) is 113 Å². The SMILES string of the molecule is C.C.C.C.CC.CC.CC.COC(=O)[C@@H]1C[C@@H](OC)CN1C(=O)[C@@H](NC(=O)OCCO)C(C)(C)C.COCCCOC(=O)N[C@H](C(=O)N1C[C@H](OC)C[C@H]1C(=O)OC)C(C)(C)C. The van der Waals surface area contributed by atoms with Gasteiger partial charge in [-0.05, 0) is 10.8 Å². The third-order valence-corrected chi connectivity index (χ3v) is 8.51. The van der Waals surface area contributed by atoms with Crippen LogP contribution in [0.5, 0.6) is 0 Å². The zero-order chi connectivity index (χ0) is 45.8. The van der Waals surface area contributed by atoms with Crippen LogP contribution in [-0.2, 0) is 52.3 Å². The smallest absolute Gasteiger partial charge is 0.407 e. The van der Waals surface area contributed by atoms with Gasteiger partial charge in [0, 0.05) is 60.3 Å². The van der Waals surface area contributed by atoms with Gasteiger partial charge in [-0.3, -0.25) is 9.59 Å². The molecule has 2 rings (SSSR count). The summed E-state index contributed by atoms with van der Waals surface area (Å²) in [4.78, 5) is 77.1. The second-order valence-electron chi connectivity index (χ2n) is 14.5. The Labute approximate surface area is 377 Å². The highest BCUT2D eigenvalue weighted by Gasteiger charge is 2.47. The van der Waals surface area contributed by atoms with Crippen molar-refractivity contribution in [1.82, 2.24) is 20.4 Å². The summed E-state index contributed by atoms with van der Waals surface area (Å²) in [5.74, 6) is -1.81. The number of nitrogens with one attached hydrogen (secondary N) is 2. The van der Waals surface area contributed by atoms with Crippen molar-refractivity contribution < 1.29 is 67.0 Å². The third kappa shape index (κ3) is 25.4. The Hall–Kier alpha value is -3.74. The largest absolute Gasteiger partial charge is 0.467 e. The topological polar surface area (TPSA) is 218 Å². The number of carbonyl (C=O) groups is 6. The van der Waals surface area contributed by atoms with Crippen molar-refractivity contribution in [3.05, 3.63) is 0 Å². The Kier molecular flexibility index (Phi) is 45.6. The van der Waals surface area contributed by atoms with Crippen LogP contribution < -0.4 is 10.6 Å². The second kappa shape index (κ2) is 38.9. The summed E-state index contributed by atoms with van der Waals surface area (Å²) in [6, 6.07) is -3.28. The van der Waals surface area contributed by atoms with Gasteiger partial charge in [0.2, 0.25) is 11.8 Å². The Balaban J connectivity index is -0.000000165. The highest BCUT2D eigenvalue weighted by Crippen LogP contribution is 2.29. The number of aliphatic hydroxyl groups excluding tert-OH is 1. The van der Waals surface area contributed by atoms with E-state index in [1.807, 2.05) is 62.3 Å². The van der Waals surface area contributed by atoms with E-state index in [1.54, 1.807) is 27.9 Å². The van der Waals surface area contributed by atoms with Crippen molar-refractivity contribution in [2.24, 2.45) is 10.8 Å². The predicted molar refractivity (Wildman–Crippen MR) is 246 cm³/mol. The van der Waals surface area contributed by atoms with Crippen molar-refractivity contribution in [1.29, 1.82) is 0 Å². The molecule has 3 N–H and O–H groups in total. The molecule has 0 saturated carbocycles. The van der Waals surface area contributed by atoms with Crippen molar-refractivity contribution in [2.45, 2.75) is 168 Å². The number of likely N-dealkylation sites (tertiary alicyclic amines) is 2. The van der Waals surface area contributed by atoms with Crippen molar-refractivity contribution in [3.63, 3.8) is 0 Å². The fourth-order valence-electron chi connectivity index (χ4n) is 5.60. The third-order valence-electron chi connectivity index (χ3n) is 8.51. The molecule has 2 heterocycles. The van der Waals surface area contributed by atoms with Gasteiger partial charge in [0.1, 0.15) is 30.8 Å². The number of hydrogen-bond acceptors (Lipinski definition) is 14. The zero-order valence-corrected chi connectivity index (χ0v) is 38.5. The number of ether oxygens (including phenoxy) is 7. The van der Waals surface area contributed by atoms with Gasteiger partial charge in [-0.15, -0.1) is 0 Å². The molecular formula is C44H94N4O14. The molecular weight excluding hydrogens is 808 g/mol. The molecule has 4 amide bonds. The molecule has 2 fully saturated rings. The van der Waals surface area contributed by atoms with Crippen LogP contribution in [0.2, 0.25) is 0 Å². The van der Waals surface area contributed by atoms with E-state index in [9.17, 15) is 28.8 Å². The van der Waals surface area contributed by atoms with E-state index in [0.717, 1.165) is 0 Å². The van der Waals surface area contributed by atoms with Crippen LogP contribution in [0.25, 0.3) is 0 Å². The number of amides is 4.